The monoisotopic (exact) mass is 436 g/mol. The van der Waals surface area contributed by atoms with Gasteiger partial charge >= 0.3 is 6.03 Å². The van der Waals surface area contributed by atoms with E-state index in [1.807, 2.05) is 41.3 Å². The SMILES string of the molecule is O=C(NCc1ccccc1)N1CCCC(N2CCN(Cc3ccc4c(c3)OCO4)CC2)C1. The van der Waals surface area contributed by atoms with Crippen molar-refractivity contribution in [2.75, 3.05) is 46.1 Å². The topological polar surface area (TPSA) is 57.3 Å². The van der Waals surface area contributed by atoms with E-state index >= 15 is 0 Å². The van der Waals surface area contributed by atoms with Gasteiger partial charge in [-0.05, 0) is 36.1 Å². The van der Waals surface area contributed by atoms with Crippen molar-refractivity contribution >= 4 is 6.03 Å². The van der Waals surface area contributed by atoms with E-state index in [1.54, 1.807) is 0 Å². The molecule has 0 saturated carbocycles. The zero-order valence-electron chi connectivity index (χ0n) is 18.5. The van der Waals surface area contributed by atoms with Crippen molar-refractivity contribution < 1.29 is 14.3 Å². The largest absolute Gasteiger partial charge is 0.454 e. The van der Waals surface area contributed by atoms with Gasteiger partial charge in [-0.3, -0.25) is 9.80 Å². The van der Waals surface area contributed by atoms with Crippen LogP contribution < -0.4 is 14.8 Å². The van der Waals surface area contributed by atoms with Gasteiger partial charge in [-0.15, -0.1) is 0 Å². The van der Waals surface area contributed by atoms with Crippen molar-refractivity contribution in [2.45, 2.75) is 32.0 Å². The lowest BCUT2D eigenvalue weighted by molar-refractivity contribution is 0.0581. The maximum Gasteiger partial charge on any atom is 0.317 e. The van der Waals surface area contributed by atoms with Crippen LogP contribution in [-0.4, -0.2) is 72.8 Å². The number of piperazine rings is 1. The van der Waals surface area contributed by atoms with E-state index in [-0.39, 0.29) is 6.03 Å². The van der Waals surface area contributed by atoms with E-state index in [1.165, 1.54) is 12.0 Å². The Morgan fingerprint density at radius 1 is 0.938 bits per heavy atom. The van der Waals surface area contributed by atoms with Crippen LogP contribution >= 0.6 is 0 Å². The number of hydrogen-bond acceptors (Lipinski definition) is 5. The summed E-state index contributed by atoms with van der Waals surface area (Å²) in [6, 6.07) is 16.8. The van der Waals surface area contributed by atoms with Gasteiger partial charge in [0.25, 0.3) is 0 Å². The van der Waals surface area contributed by atoms with E-state index in [2.05, 4.69) is 27.2 Å². The Balaban J connectivity index is 1.08. The lowest BCUT2D eigenvalue weighted by atomic mass is 10.0. The molecule has 1 atom stereocenters. The van der Waals surface area contributed by atoms with E-state index in [0.29, 0.717) is 19.4 Å². The van der Waals surface area contributed by atoms with Crippen LogP contribution in [0.4, 0.5) is 4.79 Å². The highest BCUT2D eigenvalue weighted by Gasteiger charge is 2.30. The molecule has 0 spiro atoms. The molecule has 0 aromatic heterocycles. The van der Waals surface area contributed by atoms with Gasteiger partial charge in [0.15, 0.2) is 11.5 Å². The Labute approximate surface area is 189 Å². The van der Waals surface area contributed by atoms with Gasteiger partial charge < -0.3 is 19.7 Å². The first-order valence-corrected chi connectivity index (χ1v) is 11.7. The van der Waals surface area contributed by atoms with Crippen LogP contribution in [0.25, 0.3) is 0 Å². The fourth-order valence-electron chi connectivity index (χ4n) is 4.91. The highest BCUT2D eigenvalue weighted by Crippen LogP contribution is 2.33. The van der Waals surface area contributed by atoms with Gasteiger partial charge in [0.1, 0.15) is 0 Å². The number of hydrogen-bond donors (Lipinski definition) is 1. The minimum absolute atomic E-state index is 0.0556. The third kappa shape index (κ3) is 5.00. The number of rotatable bonds is 5. The van der Waals surface area contributed by atoms with Gasteiger partial charge in [-0.25, -0.2) is 4.79 Å². The van der Waals surface area contributed by atoms with E-state index in [9.17, 15) is 4.79 Å². The lowest BCUT2D eigenvalue weighted by Crippen LogP contribution is -2.56. The maximum absolute atomic E-state index is 12.7. The number of piperidine rings is 1. The Hall–Kier alpha value is -2.77. The van der Waals surface area contributed by atoms with Gasteiger partial charge in [0.2, 0.25) is 6.79 Å². The molecule has 32 heavy (non-hydrogen) atoms. The van der Waals surface area contributed by atoms with Crippen molar-refractivity contribution in [3.8, 4) is 11.5 Å². The summed E-state index contributed by atoms with van der Waals surface area (Å²) in [7, 11) is 0. The molecule has 2 amide bonds. The molecule has 0 bridgehead atoms. The van der Waals surface area contributed by atoms with Crippen LogP contribution in [0.2, 0.25) is 0 Å². The van der Waals surface area contributed by atoms with Gasteiger partial charge in [0, 0.05) is 58.4 Å². The Bertz CT molecular complexity index is 915. The van der Waals surface area contributed by atoms with E-state index in [0.717, 1.165) is 69.3 Å². The van der Waals surface area contributed by atoms with Gasteiger partial charge in [-0.1, -0.05) is 36.4 Å². The minimum atomic E-state index is 0.0556. The summed E-state index contributed by atoms with van der Waals surface area (Å²) >= 11 is 0. The smallest absolute Gasteiger partial charge is 0.317 e. The zero-order chi connectivity index (χ0) is 21.8. The maximum atomic E-state index is 12.7. The second-order valence-electron chi connectivity index (χ2n) is 8.89. The molecule has 0 aliphatic carbocycles. The number of carbonyl (C=O) groups is 1. The predicted octanol–water partition coefficient (Wildman–Crippen LogP) is 2.91. The number of amides is 2. The predicted molar refractivity (Wildman–Crippen MR) is 123 cm³/mol. The summed E-state index contributed by atoms with van der Waals surface area (Å²) in [5.41, 5.74) is 2.40. The first kappa shape index (κ1) is 21.1. The second-order valence-corrected chi connectivity index (χ2v) is 8.89. The third-order valence-corrected chi connectivity index (χ3v) is 6.74. The number of nitrogens with one attached hydrogen (secondary N) is 1. The molecule has 0 radical (unpaired) electrons. The highest BCUT2D eigenvalue weighted by molar-refractivity contribution is 5.74. The summed E-state index contributed by atoms with van der Waals surface area (Å²) in [5.74, 6) is 1.70. The molecule has 1 unspecified atom stereocenters. The third-order valence-electron chi connectivity index (χ3n) is 6.74. The van der Waals surface area contributed by atoms with Crippen molar-refractivity contribution in [2.24, 2.45) is 0 Å². The number of likely N-dealkylation sites (tertiary alicyclic amines) is 1. The fraction of sp³-hybridized carbons (Fsp3) is 0.480. The Morgan fingerprint density at radius 3 is 2.59 bits per heavy atom. The number of fused-ring (bicyclic) bond motifs is 1. The number of ether oxygens (including phenoxy) is 2. The normalized spacial score (nSPS) is 21.5. The molecule has 3 aliphatic rings. The molecule has 3 heterocycles. The first-order chi connectivity index (χ1) is 15.7. The molecule has 2 aromatic rings. The second kappa shape index (κ2) is 9.79. The molecule has 2 aromatic carbocycles. The van der Waals surface area contributed by atoms with Crippen LogP contribution in [0.5, 0.6) is 11.5 Å². The standard InChI is InChI=1S/C25H32N4O3/c30-25(26-16-20-5-2-1-3-6-20)29-10-4-7-22(18-29)28-13-11-27(12-14-28)17-21-8-9-23-24(15-21)32-19-31-23/h1-3,5-6,8-9,15,22H,4,7,10-14,16-19H2,(H,26,30). The Morgan fingerprint density at radius 2 is 1.75 bits per heavy atom. The molecule has 5 rings (SSSR count). The number of carbonyl (C=O) groups excluding carboxylic acids is 1. The highest BCUT2D eigenvalue weighted by atomic mass is 16.7. The van der Waals surface area contributed by atoms with Crippen LogP contribution in [0, 0.1) is 0 Å². The van der Waals surface area contributed by atoms with Gasteiger partial charge in [-0.2, -0.15) is 0 Å². The summed E-state index contributed by atoms with van der Waals surface area (Å²) in [6.07, 6.45) is 2.24. The molecule has 1 N–H and O–H groups in total. The van der Waals surface area contributed by atoms with Crippen LogP contribution in [0.3, 0.4) is 0 Å². The molecule has 7 nitrogen and oxygen atoms in total. The molecule has 170 valence electrons. The fourth-order valence-corrected chi connectivity index (χ4v) is 4.91. The molecule has 3 aliphatic heterocycles. The summed E-state index contributed by atoms with van der Waals surface area (Å²) in [5, 5.41) is 3.09. The minimum Gasteiger partial charge on any atom is -0.454 e. The molecule has 2 fully saturated rings. The summed E-state index contributed by atoms with van der Waals surface area (Å²) in [4.78, 5) is 19.8. The van der Waals surface area contributed by atoms with Crippen molar-refractivity contribution in [3.63, 3.8) is 0 Å². The van der Waals surface area contributed by atoms with Crippen molar-refractivity contribution in [3.05, 3.63) is 59.7 Å². The summed E-state index contributed by atoms with van der Waals surface area (Å²) < 4.78 is 10.9. The van der Waals surface area contributed by atoms with Crippen LogP contribution in [0.15, 0.2) is 48.5 Å². The number of urea groups is 1. The van der Waals surface area contributed by atoms with E-state index in [4.69, 9.17) is 9.47 Å². The molecule has 7 heteroatoms. The zero-order valence-corrected chi connectivity index (χ0v) is 18.5. The molecular weight excluding hydrogens is 404 g/mol. The molecule has 2 saturated heterocycles. The van der Waals surface area contributed by atoms with Crippen LogP contribution in [-0.2, 0) is 13.1 Å². The number of benzene rings is 2. The van der Waals surface area contributed by atoms with Gasteiger partial charge in [0.05, 0.1) is 0 Å². The average Bonchev–Trinajstić information content (AvgIpc) is 3.32. The Kier molecular flexibility index (Phi) is 6.46. The first-order valence-electron chi connectivity index (χ1n) is 11.7. The van der Waals surface area contributed by atoms with Crippen LogP contribution in [0.1, 0.15) is 24.0 Å². The van der Waals surface area contributed by atoms with Crippen molar-refractivity contribution in [1.82, 2.24) is 20.0 Å². The number of nitrogens with zero attached hydrogens (tertiary/aromatic N) is 3. The van der Waals surface area contributed by atoms with E-state index < -0.39 is 0 Å². The van der Waals surface area contributed by atoms with Crippen molar-refractivity contribution in [1.29, 1.82) is 0 Å². The summed E-state index contributed by atoms with van der Waals surface area (Å²) in [6.45, 7) is 7.70. The lowest BCUT2D eigenvalue weighted by Gasteiger charge is -2.43. The molecular formula is C25H32N4O3. The average molecular weight is 437 g/mol. The quantitative estimate of drug-likeness (QED) is 0.781.